The number of hydrogen-bond acceptors (Lipinski definition) is 2. The predicted octanol–water partition coefficient (Wildman–Crippen LogP) is 3.77. The molecule has 0 saturated heterocycles. The third-order valence-corrected chi connectivity index (χ3v) is 2.70. The molecule has 0 N–H and O–H groups in total. The number of pyridine rings is 1. The van der Waals surface area contributed by atoms with Crippen LogP contribution in [0.4, 0.5) is 0 Å². The zero-order valence-electron chi connectivity index (χ0n) is 9.94. The topological polar surface area (TPSA) is 30.0 Å². The molecule has 0 unspecified atom stereocenters. The standard InChI is InChI=1S/C15H15NO/c1-11(2)5-8-15(17)13-6-7-14-12(10-13)4-3-9-16-14/h3-4,6-7,9-10H,1,5,8H2,2H3. The molecule has 0 amide bonds. The molecular weight excluding hydrogens is 210 g/mol. The van der Waals surface area contributed by atoms with Crippen LogP contribution in [0.3, 0.4) is 0 Å². The molecule has 86 valence electrons. The lowest BCUT2D eigenvalue weighted by molar-refractivity contribution is 0.0983. The van der Waals surface area contributed by atoms with Gasteiger partial charge in [0.25, 0.3) is 0 Å². The highest BCUT2D eigenvalue weighted by Crippen LogP contribution is 2.15. The van der Waals surface area contributed by atoms with Gasteiger partial charge in [0.2, 0.25) is 0 Å². The van der Waals surface area contributed by atoms with Crippen LogP contribution >= 0.6 is 0 Å². The fourth-order valence-electron chi connectivity index (χ4n) is 1.72. The van der Waals surface area contributed by atoms with E-state index in [0.717, 1.165) is 28.5 Å². The van der Waals surface area contributed by atoms with Crippen LogP contribution in [0.5, 0.6) is 0 Å². The summed E-state index contributed by atoms with van der Waals surface area (Å²) in [6.45, 7) is 5.75. The molecule has 0 aliphatic rings. The highest BCUT2D eigenvalue weighted by Gasteiger charge is 2.06. The van der Waals surface area contributed by atoms with Crippen molar-refractivity contribution in [1.29, 1.82) is 0 Å². The van der Waals surface area contributed by atoms with E-state index in [1.807, 2.05) is 37.3 Å². The van der Waals surface area contributed by atoms with Crippen LogP contribution in [0.2, 0.25) is 0 Å². The Hall–Kier alpha value is -1.96. The molecule has 17 heavy (non-hydrogen) atoms. The molecule has 0 radical (unpaired) electrons. The maximum atomic E-state index is 11.9. The van der Waals surface area contributed by atoms with Crippen LogP contribution in [0.25, 0.3) is 10.9 Å². The maximum absolute atomic E-state index is 11.9. The summed E-state index contributed by atoms with van der Waals surface area (Å²) in [5.41, 5.74) is 2.72. The van der Waals surface area contributed by atoms with Gasteiger partial charge in [-0.15, -0.1) is 6.58 Å². The largest absolute Gasteiger partial charge is 0.294 e. The van der Waals surface area contributed by atoms with Gasteiger partial charge in [-0.3, -0.25) is 9.78 Å². The van der Waals surface area contributed by atoms with Gasteiger partial charge < -0.3 is 0 Å². The highest BCUT2D eigenvalue weighted by atomic mass is 16.1. The third-order valence-electron chi connectivity index (χ3n) is 2.70. The van der Waals surface area contributed by atoms with Crippen LogP contribution < -0.4 is 0 Å². The summed E-state index contributed by atoms with van der Waals surface area (Å²) in [6, 6.07) is 9.49. The van der Waals surface area contributed by atoms with Crippen LogP contribution in [0.15, 0.2) is 48.7 Å². The summed E-state index contributed by atoms with van der Waals surface area (Å²) >= 11 is 0. The van der Waals surface area contributed by atoms with E-state index >= 15 is 0 Å². The van der Waals surface area contributed by atoms with Gasteiger partial charge in [-0.05, 0) is 37.6 Å². The number of Topliss-reactive ketones (excluding diaryl/α,β-unsaturated/α-hetero) is 1. The number of aromatic nitrogens is 1. The number of benzene rings is 1. The zero-order chi connectivity index (χ0) is 12.3. The van der Waals surface area contributed by atoms with Crippen molar-refractivity contribution in [2.24, 2.45) is 0 Å². The first-order valence-corrected chi connectivity index (χ1v) is 5.69. The molecular formula is C15H15NO. The van der Waals surface area contributed by atoms with E-state index in [-0.39, 0.29) is 5.78 Å². The van der Waals surface area contributed by atoms with E-state index in [9.17, 15) is 4.79 Å². The molecule has 2 rings (SSSR count). The summed E-state index contributed by atoms with van der Waals surface area (Å²) in [5, 5.41) is 1.01. The predicted molar refractivity (Wildman–Crippen MR) is 70.1 cm³/mol. The normalized spacial score (nSPS) is 10.4. The van der Waals surface area contributed by atoms with E-state index in [2.05, 4.69) is 11.6 Å². The second-order valence-corrected chi connectivity index (χ2v) is 4.29. The molecule has 1 aromatic heterocycles. The summed E-state index contributed by atoms with van der Waals surface area (Å²) in [6.07, 6.45) is 3.04. The minimum Gasteiger partial charge on any atom is -0.294 e. The Morgan fingerprint density at radius 2 is 2.12 bits per heavy atom. The molecule has 0 fully saturated rings. The summed E-state index contributed by atoms with van der Waals surface area (Å²) in [4.78, 5) is 16.2. The third kappa shape index (κ3) is 2.78. The maximum Gasteiger partial charge on any atom is 0.163 e. The van der Waals surface area contributed by atoms with Crippen LogP contribution in [-0.4, -0.2) is 10.8 Å². The second kappa shape index (κ2) is 4.91. The van der Waals surface area contributed by atoms with Crippen molar-refractivity contribution in [2.45, 2.75) is 19.8 Å². The number of carbonyl (C=O) groups is 1. The minimum absolute atomic E-state index is 0.166. The van der Waals surface area contributed by atoms with E-state index in [4.69, 9.17) is 0 Å². The molecule has 0 atom stereocenters. The lowest BCUT2D eigenvalue weighted by Gasteiger charge is -2.02. The molecule has 0 saturated carbocycles. The Labute approximate surface area is 101 Å². The van der Waals surface area contributed by atoms with E-state index < -0.39 is 0 Å². The molecule has 0 bridgehead atoms. The van der Waals surface area contributed by atoms with Crippen molar-refractivity contribution in [2.75, 3.05) is 0 Å². The van der Waals surface area contributed by atoms with Gasteiger partial charge in [0.1, 0.15) is 0 Å². The van der Waals surface area contributed by atoms with Crippen LogP contribution in [0.1, 0.15) is 30.1 Å². The average molecular weight is 225 g/mol. The Bertz CT molecular complexity index is 572. The van der Waals surface area contributed by atoms with Crippen molar-refractivity contribution in [3.63, 3.8) is 0 Å². The van der Waals surface area contributed by atoms with Gasteiger partial charge in [0.15, 0.2) is 5.78 Å². The van der Waals surface area contributed by atoms with Gasteiger partial charge in [-0.25, -0.2) is 0 Å². The van der Waals surface area contributed by atoms with Crippen molar-refractivity contribution < 1.29 is 4.79 Å². The number of nitrogens with zero attached hydrogens (tertiary/aromatic N) is 1. The molecule has 2 nitrogen and oxygen atoms in total. The Balaban J connectivity index is 2.24. The van der Waals surface area contributed by atoms with Gasteiger partial charge >= 0.3 is 0 Å². The fraction of sp³-hybridized carbons (Fsp3) is 0.200. The summed E-state index contributed by atoms with van der Waals surface area (Å²) in [7, 11) is 0. The SMILES string of the molecule is C=C(C)CCC(=O)c1ccc2ncccc2c1. The number of carbonyl (C=O) groups excluding carboxylic acids is 1. The summed E-state index contributed by atoms with van der Waals surface area (Å²) in [5.74, 6) is 0.166. The van der Waals surface area contributed by atoms with Crippen molar-refractivity contribution in [3.8, 4) is 0 Å². The van der Waals surface area contributed by atoms with Gasteiger partial charge in [0.05, 0.1) is 5.52 Å². The van der Waals surface area contributed by atoms with E-state index in [0.29, 0.717) is 6.42 Å². The lowest BCUT2D eigenvalue weighted by atomic mass is 10.0. The Kier molecular flexibility index (Phi) is 3.33. The Morgan fingerprint density at radius 3 is 2.88 bits per heavy atom. The van der Waals surface area contributed by atoms with Crippen molar-refractivity contribution >= 4 is 16.7 Å². The molecule has 0 aliphatic heterocycles. The Morgan fingerprint density at radius 1 is 1.29 bits per heavy atom. The first-order chi connectivity index (χ1) is 8.16. The molecule has 0 aliphatic carbocycles. The van der Waals surface area contributed by atoms with Crippen molar-refractivity contribution in [1.82, 2.24) is 4.98 Å². The smallest absolute Gasteiger partial charge is 0.163 e. The molecule has 2 heteroatoms. The average Bonchev–Trinajstić information content (AvgIpc) is 2.35. The molecule has 1 aromatic carbocycles. The van der Waals surface area contributed by atoms with Gasteiger partial charge in [0, 0.05) is 23.6 Å². The lowest BCUT2D eigenvalue weighted by Crippen LogP contribution is -1.99. The zero-order valence-corrected chi connectivity index (χ0v) is 9.94. The molecule has 1 heterocycles. The number of fused-ring (bicyclic) bond motifs is 1. The first kappa shape index (κ1) is 11.5. The number of ketones is 1. The first-order valence-electron chi connectivity index (χ1n) is 5.69. The molecule has 0 spiro atoms. The van der Waals surface area contributed by atoms with Gasteiger partial charge in [-0.2, -0.15) is 0 Å². The second-order valence-electron chi connectivity index (χ2n) is 4.29. The molecule has 2 aromatic rings. The number of rotatable bonds is 4. The van der Waals surface area contributed by atoms with E-state index in [1.54, 1.807) is 6.20 Å². The van der Waals surface area contributed by atoms with E-state index in [1.165, 1.54) is 0 Å². The monoisotopic (exact) mass is 225 g/mol. The summed E-state index contributed by atoms with van der Waals surface area (Å²) < 4.78 is 0. The van der Waals surface area contributed by atoms with Crippen LogP contribution in [-0.2, 0) is 0 Å². The number of hydrogen-bond donors (Lipinski definition) is 0. The minimum atomic E-state index is 0.166. The quantitative estimate of drug-likeness (QED) is 0.585. The highest BCUT2D eigenvalue weighted by molar-refractivity contribution is 5.99. The number of allylic oxidation sites excluding steroid dienone is 1. The van der Waals surface area contributed by atoms with Crippen molar-refractivity contribution in [3.05, 3.63) is 54.2 Å². The van der Waals surface area contributed by atoms with Crippen LogP contribution in [0, 0.1) is 0 Å². The van der Waals surface area contributed by atoms with Gasteiger partial charge in [-0.1, -0.05) is 11.6 Å². The fourth-order valence-corrected chi connectivity index (χ4v) is 1.72.